The van der Waals surface area contributed by atoms with Crippen molar-refractivity contribution in [3.05, 3.63) is 48.3 Å². The van der Waals surface area contributed by atoms with Gasteiger partial charge in [-0.15, -0.1) is 0 Å². The second kappa shape index (κ2) is 5.92. The molecule has 2 heterocycles. The van der Waals surface area contributed by atoms with Crippen molar-refractivity contribution in [2.75, 3.05) is 0 Å². The molecule has 0 radical (unpaired) electrons. The smallest absolute Gasteiger partial charge is 0.249 e. The van der Waals surface area contributed by atoms with Crippen molar-refractivity contribution in [2.45, 2.75) is 13.0 Å². The van der Waals surface area contributed by atoms with Gasteiger partial charge in [0.25, 0.3) is 0 Å². The van der Waals surface area contributed by atoms with Crippen LogP contribution in [0.4, 0.5) is 0 Å². The van der Waals surface area contributed by atoms with Crippen molar-refractivity contribution in [3.8, 4) is 0 Å². The number of carbonyl (C=O) groups is 1. The molecule has 94 valence electrons. The number of hydrogen-bond donors (Lipinski definition) is 1. The van der Waals surface area contributed by atoms with Gasteiger partial charge in [-0.05, 0) is 11.6 Å². The Balaban J connectivity index is 1.74. The van der Waals surface area contributed by atoms with Gasteiger partial charge in [-0.2, -0.15) is 0 Å². The predicted octanol–water partition coefficient (Wildman–Crippen LogP) is 0.606. The summed E-state index contributed by atoms with van der Waals surface area (Å²) in [5.41, 5.74) is 4.12. The van der Waals surface area contributed by atoms with Crippen LogP contribution in [0.25, 0.3) is 0 Å². The third-order valence-corrected chi connectivity index (χ3v) is 2.41. The molecule has 2 aromatic heterocycles. The van der Waals surface area contributed by atoms with E-state index in [2.05, 4.69) is 15.4 Å². The molecule has 0 aliphatic carbocycles. The molecule has 18 heavy (non-hydrogen) atoms. The molecule has 0 aliphatic rings. The summed E-state index contributed by atoms with van der Waals surface area (Å²) in [4.78, 5) is 24.5. The maximum absolute atomic E-state index is 11.6. The molecule has 0 aliphatic heterocycles. The number of imidazole rings is 1. The van der Waals surface area contributed by atoms with E-state index in [4.69, 9.17) is 4.84 Å². The third kappa shape index (κ3) is 3.39. The van der Waals surface area contributed by atoms with Gasteiger partial charge in [-0.3, -0.25) is 14.6 Å². The van der Waals surface area contributed by atoms with Gasteiger partial charge in [0.2, 0.25) is 5.91 Å². The predicted molar refractivity (Wildman–Crippen MR) is 64.1 cm³/mol. The van der Waals surface area contributed by atoms with Crippen molar-refractivity contribution in [1.29, 1.82) is 0 Å². The molecule has 0 aromatic carbocycles. The average Bonchev–Trinajstić information content (AvgIpc) is 2.76. The summed E-state index contributed by atoms with van der Waals surface area (Å²) in [5, 5.41) is 0. The second-order valence-electron chi connectivity index (χ2n) is 3.85. The Morgan fingerprint density at radius 2 is 2.33 bits per heavy atom. The number of hydrogen-bond acceptors (Lipinski definition) is 4. The van der Waals surface area contributed by atoms with E-state index >= 15 is 0 Å². The SMILES string of the molecule is Cn1cncc1CC(=O)NOCc1cccnc1. The first-order valence-electron chi connectivity index (χ1n) is 5.50. The van der Waals surface area contributed by atoms with E-state index in [-0.39, 0.29) is 12.3 Å². The number of nitrogens with one attached hydrogen (secondary N) is 1. The topological polar surface area (TPSA) is 69.0 Å². The van der Waals surface area contributed by atoms with Gasteiger partial charge in [0.15, 0.2) is 0 Å². The van der Waals surface area contributed by atoms with Crippen LogP contribution in [0, 0.1) is 0 Å². The van der Waals surface area contributed by atoms with Crippen molar-refractivity contribution in [1.82, 2.24) is 20.0 Å². The number of nitrogens with zero attached hydrogens (tertiary/aromatic N) is 3. The number of aryl methyl sites for hydroxylation is 1. The first-order valence-corrected chi connectivity index (χ1v) is 5.50. The van der Waals surface area contributed by atoms with E-state index in [0.717, 1.165) is 11.3 Å². The summed E-state index contributed by atoms with van der Waals surface area (Å²) in [5.74, 6) is -0.206. The zero-order valence-corrected chi connectivity index (χ0v) is 10.0. The van der Waals surface area contributed by atoms with Gasteiger partial charge >= 0.3 is 0 Å². The molecule has 0 atom stereocenters. The standard InChI is InChI=1S/C12H14N4O2/c1-16-9-14-7-11(16)5-12(17)15-18-8-10-3-2-4-13-6-10/h2-4,6-7,9H,5,8H2,1H3,(H,15,17). The third-order valence-electron chi connectivity index (χ3n) is 2.41. The lowest BCUT2D eigenvalue weighted by atomic mass is 10.3. The summed E-state index contributed by atoms with van der Waals surface area (Å²) >= 11 is 0. The molecule has 0 spiro atoms. The van der Waals surface area contributed by atoms with Crippen LogP contribution in [0.15, 0.2) is 37.1 Å². The second-order valence-corrected chi connectivity index (χ2v) is 3.85. The first kappa shape index (κ1) is 12.3. The maximum Gasteiger partial charge on any atom is 0.249 e. The maximum atomic E-state index is 11.6. The zero-order chi connectivity index (χ0) is 12.8. The molecule has 1 N–H and O–H groups in total. The molecule has 6 nitrogen and oxygen atoms in total. The molecule has 0 saturated heterocycles. The van der Waals surface area contributed by atoms with Gasteiger partial charge in [0.1, 0.15) is 6.61 Å². The fraction of sp³-hybridized carbons (Fsp3) is 0.250. The van der Waals surface area contributed by atoms with E-state index in [9.17, 15) is 4.79 Å². The van der Waals surface area contributed by atoms with Gasteiger partial charge in [0, 0.05) is 31.3 Å². The summed E-state index contributed by atoms with van der Waals surface area (Å²) in [6.45, 7) is 0.297. The Labute approximate surface area is 105 Å². The van der Waals surface area contributed by atoms with E-state index in [0.29, 0.717) is 6.61 Å². The molecule has 0 bridgehead atoms. The lowest BCUT2D eigenvalue weighted by Crippen LogP contribution is -2.26. The molecule has 0 unspecified atom stereocenters. The van der Waals surface area contributed by atoms with E-state index < -0.39 is 0 Å². The van der Waals surface area contributed by atoms with Crippen LogP contribution in [-0.2, 0) is 29.7 Å². The molecular weight excluding hydrogens is 232 g/mol. The zero-order valence-electron chi connectivity index (χ0n) is 10.0. The number of amides is 1. The lowest BCUT2D eigenvalue weighted by Gasteiger charge is -2.06. The van der Waals surface area contributed by atoms with Crippen molar-refractivity contribution in [2.24, 2.45) is 7.05 Å². The Hall–Kier alpha value is -2.21. The summed E-state index contributed by atoms with van der Waals surface area (Å²) in [6, 6.07) is 3.69. The highest BCUT2D eigenvalue weighted by Gasteiger charge is 2.06. The summed E-state index contributed by atoms with van der Waals surface area (Å²) < 4.78 is 1.79. The van der Waals surface area contributed by atoms with Crippen LogP contribution >= 0.6 is 0 Å². The highest BCUT2D eigenvalue weighted by molar-refractivity contribution is 5.77. The molecule has 2 rings (SSSR count). The Morgan fingerprint density at radius 1 is 1.44 bits per heavy atom. The minimum atomic E-state index is -0.206. The number of pyridine rings is 1. The fourth-order valence-electron chi connectivity index (χ4n) is 1.44. The van der Waals surface area contributed by atoms with Gasteiger partial charge in [-0.1, -0.05) is 6.07 Å². The number of hydroxylamine groups is 1. The number of carbonyl (C=O) groups excluding carboxylic acids is 1. The first-order chi connectivity index (χ1) is 8.75. The van der Waals surface area contributed by atoms with Gasteiger partial charge < -0.3 is 4.57 Å². The van der Waals surface area contributed by atoms with E-state index in [1.54, 1.807) is 29.5 Å². The van der Waals surface area contributed by atoms with Crippen molar-refractivity contribution < 1.29 is 9.63 Å². The average molecular weight is 246 g/mol. The van der Waals surface area contributed by atoms with Gasteiger partial charge in [-0.25, -0.2) is 10.5 Å². The minimum Gasteiger partial charge on any atom is -0.337 e. The Bertz CT molecular complexity index is 510. The summed E-state index contributed by atoms with van der Waals surface area (Å²) in [7, 11) is 1.84. The molecule has 0 saturated carbocycles. The monoisotopic (exact) mass is 246 g/mol. The van der Waals surface area contributed by atoms with Crippen molar-refractivity contribution in [3.63, 3.8) is 0 Å². The summed E-state index contributed by atoms with van der Waals surface area (Å²) in [6.07, 6.45) is 6.92. The Morgan fingerprint density at radius 3 is 3.00 bits per heavy atom. The van der Waals surface area contributed by atoms with Crippen LogP contribution in [0.5, 0.6) is 0 Å². The molecule has 6 heteroatoms. The van der Waals surface area contributed by atoms with Crippen LogP contribution < -0.4 is 5.48 Å². The molecule has 1 amide bonds. The molecule has 0 fully saturated rings. The minimum absolute atomic E-state index is 0.206. The Kier molecular flexibility index (Phi) is 4.03. The normalized spacial score (nSPS) is 10.3. The van der Waals surface area contributed by atoms with Gasteiger partial charge in [0.05, 0.1) is 12.7 Å². The lowest BCUT2D eigenvalue weighted by molar-refractivity contribution is -0.133. The largest absolute Gasteiger partial charge is 0.337 e. The highest BCUT2D eigenvalue weighted by atomic mass is 16.6. The van der Waals surface area contributed by atoms with E-state index in [1.807, 2.05) is 19.2 Å². The molecular formula is C12H14N4O2. The van der Waals surface area contributed by atoms with E-state index in [1.165, 1.54) is 0 Å². The number of rotatable bonds is 5. The highest BCUT2D eigenvalue weighted by Crippen LogP contribution is 1.99. The van der Waals surface area contributed by atoms with Crippen LogP contribution in [0.2, 0.25) is 0 Å². The fourth-order valence-corrected chi connectivity index (χ4v) is 1.44. The quantitative estimate of drug-likeness (QED) is 0.785. The van der Waals surface area contributed by atoms with Crippen LogP contribution in [-0.4, -0.2) is 20.4 Å². The van der Waals surface area contributed by atoms with Crippen molar-refractivity contribution >= 4 is 5.91 Å². The van der Waals surface area contributed by atoms with Crippen LogP contribution in [0.3, 0.4) is 0 Å². The number of aromatic nitrogens is 3. The van der Waals surface area contributed by atoms with Crippen LogP contribution in [0.1, 0.15) is 11.3 Å². The molecule has 2 aromatic rings.